The molecule has 1 fully saturated rings. The van der Waals surface area contributed by atoms with Crippen molar-refractivity contribution in [3.63, 3.8) is 0 Å². The van der Waals surface area contributed by atoms with E-state index in [0.29, 0.717) is 18.8 Å². The number of anilines is 1. The molecule has 2 aromatic heterocycles. The largest absolute Gasteiger partial charge is 0.345 e. The molecule has 0 radical (unpaired) electrons. The molecule has 4 rings (SSSR count). The Morgan fingerprint density at radius 1 is 1.19 bits per heavy atom. The minimum atomic E-state index is 0.0753. The summed E-state index contributed by atoms with van der Waals surface area (Å²) in [6.07, 6.45) is 1.94. The highest BCUT2D eigenvalue weighted by Gasteiger charge is 2.26. The van der Waals surface area contributed by atoms with Crippen LogP contribution in [0.15, 0.2) is 30.3 Å². The summed E-state index contributed by atoms with van der Waals surface area (Å²) >= 11 is 1.72. The zero-order valence-corrected chi connectivity index (χ0v) is 16.0. The van der Waals surface area contributed by atoms with Gasteiger partial charge in [-0.25, -0.2) is 4.98 Å². The Morgan fingerprint density at radius 2 is 1.96 bits per heavy atom. The maximum atomic E-state index is 12.9. The van der Waals surface area contributed by atoms with E-state index in [-0.39, 0.29) is 5.91 Å². The number of piperazine rings is 1. The van der Waals surface area contributed by atoms with Crippen molar-refractivity contribution in [1.82, 2.24) is 19.7 Å². The Bertz CT molecular complexity index is 890. The quantitative estimate of drug-likeness (QED) is 0.710. The summed E-state index contributed by atoms with van der Waals surface area (Å²) in [6.45, 7) is 5.17. The molecule has 1 amide bonds. The number of hydrogen-bond acceptors (Lipinski definition) is 5. The highest BCUT2D eigenvalue weighted by atomic mass is 32.1. The van der Waals surface area contributed by atoms with Gasteiger partial charge in [0.05, 0.1) is 15.9 Å². The predicted octanol–water partition coefficient (Wildman–Crippen LogP) is 2.94. The Kier molecular flexibility index (Phi) is 4.63. The number of amides is 1. The fraction of sp³-hybridized carbons (Fsp3) is 0.421. The van der Waals surface area contributed by atoms with Crippen LogP contribution < -0.4 is 4.90 Å². The Labute approximate surface area is 157 Å². The van der Waals surface area contributed by atoms with Crippen molar-refractivity contribution in [3.05, 3.63) is 41.7 Å². The third-order valence-corrected chi connectivity index (χ3v) is 5.87. The molecule has 6 nitrogen and oxygen atoms in total. The van der Waals surface area contributed by atoms with Crippen LogP contribution in [0.2, 0.25) is 0 Å². The number of fused-ring (bicyclic) bond motifs is 1. The lowest BCUT2D eigenvalue weighted by atomic mass is 10.2. The number of carbonyl (C=O) groups is 1. The zero-order chi connectivity index (χ0) is 18.1. The van der Waals surface area contributed by atoms with E-state index in [0.717, 1.165) is 42.3 Å². The first-order valence-corrected chi connectivity index (χ1v) is 9.90. The average Bonchev–Trinajstić information content (AvgIpc) is 3.25. The van der Waals surface area contributed by atoms with Crippen LogP contribution in [0.25, 0.3) is 10.2 Å². The van der Waals surface area contributed by atoms with Crippen LogP contribution in [0, 0.1) is 0 Å². The molecule has 0 unspecified atom stereocenters. The first-order valence-electron chi connectivity index (χ1n) is 9.08. The third-order valence-electron chi connectivity index (χ3n) is 4.78. The third kappa shape index (κ3) is 3.19. The number of rotatable bonds is 4. The standard InChI is InChI=1S/C19H23N5OS/c1-3-6-14-13-16(22(2)21-14)18(25)23-9-11-24(12-10-23)19-20-15-7-4-5-8-17(15)26-19/h4-5,7-8,13H,3,6,9-12H2,1-2H3. The maximum Gasteiger partial charge on any atom is 0.272 e. The lowest BCUT2D eigenvalue weighted by molar-refractivity contribution is 0.0735. The molecular weight excluding hydrogens is 346 g/mol. The van der Waals surface area contributed by atoms with Crippen molar-refractivity contribution >= 4 is 32.6 Å². The van der Waals surface area contributed by atoms with Gasteiger partial charge in [-0.15, -0.1) is 0 Å². The molecular formula is C19H23N5OS. The molecule has 0 spiro atoms. The van der Waals surface area contributed by atoms with Crippen LogP contribution >= 0.6 is 11.3 Å². The minimum Gasteiger partial charge on any atom is -0.345 e. The molecule has 0 bridgehead atoms. The van der Waals surface area contributed by atoms with Crippen molar-refractivity contribution in [2.75, 3.05) is 31.1 Å². The number of benzene rings is 1. The van der Waals surface area contributed by atoms with E-state index in [2.05, 4.69) is 23.0 Å². The van der Waals surface area contributed by atoms with Gasteiger partial charge in [0.1, 0.15) is 5.69 Å². The number of para-hydroxylation sites is 1. The van der Waals surface area contributed by atoms with Gasteiger partial charge in [-0.2, -0.15) is 5.10 Å². The van der Waals surface area contributed by atoms with E-state index in [4.69, 9.17) is 4.98 Å². The maximum absolute atomic E-state index is 12.9. The highest BCUT2D eigenvalue weighted by Crippen LogP contribution is 2.29. The number of thiazole rings is 1. The molecule has 1 saturated heterocycles. The molecule has 3 heterocycles. The molecule has 0 saturated carbocycles. The summed E-state index contributed by atoms with van der Waals surface area (Å²) in [5, 5.41) is 5.50. The zero-order valence-electron chi connectivity index (χ0n) is 15.2. The monoisotopic (exact) mass is 369 g/mol. The van der Waals surface area contributed by atoms with Gasteiger partial charge < -0.3 is 9.80 Å². The molecule has 136 valence electrons. The Balaban J connectivity index is 1.43. The Morgan fingerprint density at radius 3 is 2.69 bits per heavy atom. The molecule has 26 heavy (non-hydrogen) atoms. The SMILES string of the molecule is CCCc1cc(C(=O)N2CCN(c3nc4ccccc4s3)CC2)n(C)n1. The number of aryl methyl sites for hydroxylation is 2. The molecule has 1 aliphatic heterocycles. The van der Waals surface area contributed by atoms with Crippen LogP contribution in [0.5, 0.6) is 0 Å². The van der Waals surface area contributed by atoms with Crippen LogP contribution in [-0.2, 0) is 13.5 Å². The molecule has 0 atom stereocenters. The van der Waals surface area contributed by atoms with Crippen molar-refractivity contribution in [2.45, 2.75) is 19.8 Å². The van der Waals surface area contributed by atoms with E-state index in [1.807, 2.05) is 36.2 Å². The van der Waals surface area contributed by atoms with Gasteiger partial charge in [-0.3, -0.25) is 9.48 Å². The van der Waals surface area contributed by atoms with Gasteiger partial charge in [-0.05, 0) is 24.6 Å². The van der Waals surface area contributed by atoms with Crippen molar-refractivity contribution in [3.8, 4) is 0 Å². The first kappa shape index (κ1) is 17.0. The fourth-order valence-corrected chi connectivity index (χ4v) is 4.38. The average molecular weight is 369 g/mol. The fourth-order valence-electron chi connectivity index (χ4n) is 3.36. The van der Waals surface area contributed by atoms with Gasteiger partial charge in [0.2, 0.25) is 0 Å². The number of hydrogen-bond donors (Lipinski definition) is 0. The topological polar surface area (TPSA) is 54.3 Å². The van der Waals surface area contributed by atoms with Crippen molar-refractivity contribution < 1.29 is 4.79 Å². The highest BCUT2D eigenvalue weighted by molar-refractivity contribution is 7.22. The second-order valence-corrected chi connectivity index (χ2v) is 7.65. The van der Waals surface area contributed by atoms with Crippen molar-refractivity contribution in [2.24, 2.45) is 7.05 Å². The van der Waals surface area contributed by atoms with E-state index < -0.39 is 0 Å². The lowest BCUT2D eigenvalue weighted by Crippen LogP contribution is -2.49. The molecule has 7 heteroatoms. The minimum absolute atomic E-state index is 0.0753. The second-order valence-electron chi connectivity index (χ2n) is 6.64. The van der Waals surface area contributed by atoms with Gasteiger partial charge in [0.25, 0.3) is 5.91 Å². The number of nitrogens with zero attached hydrogens (tertiary/aromatic N) is 5. The molecule has 3 aromatic rings. The summed E-state index contributed by atoms with van der Waals surface area (Å²) in [6, 6.07) is 10.1. The first-order chi connectivity index (χ1) is 12.7. The van der Waals surface area contributed by atoms with E-state index in [1.54, 1.807) is 16.0 Å². The normalized spacial score (nSPS) is 15.0. The summed E-state index contributed by atoms with van der Waals surface area (Å²) in [5.74, 6) is 0.0753. The second kappa shape index (κ2) is 7.07. The van der Waals surface area contributed by atoms with Crippen LogP contribution in [0.3, 0.4) is 0 Å². The summed E-state index contributed by atoms with van der Waals surface area (Å²) in [5.41, 5.74) is 2.72. The lowest BCUT2D eigenvalue weighted by Gasteiger charge is -2.34. The molecule has 1 aliphatic rings. The van der Waals surface area contributed by atoms with E-state index in [1.165, 1.54) is 4.70 Å². The van der Waals surface area contributed by atoms with Crippen LogP contribution in [0.4, 0.5) is 5.13 Å². The molecule has 0 aliphatic carbocycles. The van der Waals surface area contributed by atoms with Crippen LogP contribution in [-0.4, -0.2) is 51.8 Å². The Hall–Kier alpha value is -2.41. The summed E-state index contributed by atoms with van der Waals surface area (Å²) in [4.78, 5) is 21.8. The summed E-state index contributed by atoms with van der Waals surface area (Å²) < 4.78 is 2.92. The molecule has 0 N–H and O–H groups in total. The van der Waals surface area contributed by atoms with Gasteiger partial charge in [0, 0.05) is 33.2 Å². The van der Waals surface area contributed by atoms with E-state index >= 15 is 0 Å². The summed E-state index contributed by atoms with van der Waals surface area (Å²) in [7, 11) is 1.85. The predicted molar refractivity (Wildman–Crippen MR) is 105 cm³/mol. The number of carbonyl (C=O) groups excluding carboxylic acids is 1. The van der Waals surface area contributed by atoms with E-state index in [9.17, 15) is 4.79 Å². The number of aromatic nitrogens is 3. The smallest absolute Gasteiger partial charge is 0.272 e. The molecule has 1 aromatic carbocycles. The van der Waals surface area contributed by atoms with Gasteiger partial charge in [0.15, 0.2) is 5.13 Å². The van der Waals surface area contributed by atoms with Gasteiger partial charge >= 0.3 is 0 Å². The van der Waals surface area contributed by atoms with Crippen LogP contribution in [0.1, 0.15) is 29.5 Å². The van der Waals surface area contributed by atoms with Gasteiger partial charge in [-0.1, -0.05) is 36.8 Å². The van der Waals surface area contributed by atoms with Crippen molar-refractivity contribution in [1.29, 1.82) is 0 Å².